The first-order valence-corrected chi connectivity index (χ1v) is 14.5. The van der Waals surface area contributed by atoms with Crippen LogP contribution >= 0.6 is 0 Å². The molecule has 8 nitrogen and oxygen atoms in total. The summed E-state index contributed by atoms with van der Waals surface area (Å²) in [6, 6.07) is 15.7. The average Bonchev–Trinajstić information content (AvgIpc) is 3.62. The van der Waals surface area contributed by atoms with E-state index in [0.717, 1.165) is 31.2 Å². The van der Waals surface area contributed by atoms with Crippen LogP contribution in [0.4, 0.5) is 5.69 Å². The van der Waals surface area contributed by atoms with Gasteiger partial charge in [0.15, 0.2) is 0 Å². The topological polar surface area (TPSA) is 97.0 Å². The average molecular weight is 544 g/mol. The zero-order valence-corrected chi connectivity index (χ0v) is 23.0. The van der Waals surface area contributed by atoms with Gasteiger partial charge >= 0.3 is 0 Å². The molecule has 1 aliphatic carbocycles. The molecule has 0 aromatic heterocycles. The van der Waals surface area contributed by atoms with Gasteiger partial charge in [0.1, 0.15) is 17.4 Å². The molecular formula is C32H37N3O5. The van der Waals surface area contributed by atoms with Crippen LogP contribution in [0.1, 0.15) is 57.6 Å². The summed E-state index contributed by atoms with van der Waals surface area (Å²) in [6.45, 7) is 4.41. The number of amides is 3. The van der Waals surface area contributed by atoms with Crippen LogP contribution in [0.5, 0.6) is 5.75 Å². The van der Waals surface area contributed by atoms with Gasteiger partial charge in [0.2, 0.25) is 17.7 Å². The van der Waals surface area contributed by atoms with Gasteiger partial charge in [-0.15, -0.1) is 0 Å². The van der Waals surface area contributed by atoms with Gasteiger partial charge in [-0.1, -0.05) is 61.7 Å². The van der Waals surface area contributed by atoms with Crippen LogP contribution in [-0.4, -0.2) is 53.0 Å². The Labute approximate surface area is 235 Å². The van der Waals surface area contributed by atoms with Crippen molar-refractivity contribution in [1.29, 1.82) is 0 Å². The monoisotopic (exact) mass is 543 g/mol. The minimum atomic E-state index is -1.19. The van der Waals surface area contributed by atoms with Gasteiger partial charge in [-0.3, -0.25) is 14.4 Å². The molecule has 6 rings (SSSR count). The zero-order valence-electron chi connectivity index (χ0n) is 23.0. The maximum absolute atomic E-state index is 14.3. The van der Waals surface area contributed by atoms with Crippen molar-refractivity contribution in [3.05, 3.63) is 72.3 Å². The Kier molecular flexibility index (Phi) is 7.13. The molecule has 2 N–H and O–H groups in total. The van der Waals surface area contributed by atoms with Crippen molar-refractivity contribution in [3.8, 4) is 5.75 Å². The molecule has 4 aliphatic rings. The minimum Gasteiger partial charge on any atom is -0.494 e. The molecule has 1 spiro atoms. The highest BCUT2D eigenvalue weighted by Crippen LogP contribution is 2.56. The largest absolute Gasteiger partial charge is 0.494 e. The Bertz CT molecular complexity index is 1290. The highest BCUT2D eigenvalue weighted by molar-refractivity contribution is 6.03. The third kappa shape index (κ3) is 4.48. The number of hydrogen-bond donors (Lipinski definition) is 2. The van der Waals surface area contributed by atoms with Crippen molar-refractivity contribution in [2.75, 3.05) is 11.9 Å². The molecule has 0 unspecified atom stereocenters. The second kappa shape index (κ2) is 10.7. The van der Waals surface area contributed by atoms with E-state index in [2.05, 4.69) is 10.6 Å². The summed E-state index contributed by atoms with van der Waals surface area (Å²) in [5, 5.41) is 6.22. The molecule has 2 aromatic rings. The summed E-state index contributed by atoms with van der Waals surface area (Å²) in [6.07, 6.45) is 8.35. The summed E-state index contributed by atoms with van der Waals surface area (Å²) in [5.74, 6) is -1.55. The second-order valence-electron chi connectivity index (χ2n) is 11.3. The summed E-state index contributed by atoms with van der Waals surface area (Å²) in [5.41, 5.74) is 0.349. The molecule has 6 atom stereocenters. The fraction of sp³-hybridized carbons (Fsp3) is 0.469. The minimum absolute atomic E-state index is 0.0852. The Morgan fingerprint density at radius 3 is 2.48 bits per heavy atom. The SMILES string of the molecule is CCOc1ccc(NC(=O)[C@@H]2[C@@H]3C=C[C@]4(O3)[C@@H]2C(=O)N([C@H](C)c2ccccc2)[C@H]4C(=O)NC2CCCCC2)cc1. The molecule has 2 saturated heterocycles. The lowest BCUT2D eigenvalue weighted by Crippen LogP contribution is -2.56. The lowest BCUT2D eigenvalue weighted by atomic mass is 9.74. The second-order valence-corrected chi connectivity index (χ2v) is 11.3. The molecule has 2 bridgehead atoms. The fourth-order valence-electron chi connectivity index (χ4n) is 7.07. The number of likely N-dealkylation sites (tertiary alicyclic amines) is 1. The summed E-state index contributed by atoms with van der Waals surface area (Å²) >= 11 is 0. The summed E-state index contributed by atoms with van der Waals surface area (Å²) in [4.78, 5) is 43.7. The number of fused-ring (bicyclic) bond motifs is 1. The highest BCUT2D eigenvalue weighted by atomic mass is 16.5. The zero-order chi connectivity index (χ0) is 27.9. The predicted molar refractivity (Wildman–Crippen MR) is 150 cm³/mol. The molecule has 3 aliphatic heterocycles. The van der Waals surface area contributed by atoms with Crippen molar-refractivity contribution in [2.24, 2.45) is 11.8 Å². The van der Waals surface area contributed by atoms with Crippen LogP contribution in [0.15, 0.2) is 66.7 Å². The first-order valence-electron chi connectivity index (χ1n) is 14.5. The smallest absolute Gasteiger partial charge is 0.246 e. The van der Waals surface area contributed by atoms with E-state index in [1.165, 1.54) is 6.42 Å². The normalized spacial score (nSPS) is 29.8. The Morgan fingerprint density at radius 1 is 1.05 bits per heavy atom. The van der Waals surface area contributed by atoms with Crippen molar-refractivity contribution in [2.45, 2.75) is 75.8 Å². The van der Waals surface area contributed by atoms with Crippen LogP contribution < -0.4 is 15.4 Å². The van der Waals surface area contributed by atoms with Crippen molar-refractivity contribution < 1.29 is 23.9 Å². The van der Waals surface area contributed by atoms with Gasteiger partial charge in [-0.2, -0.15) is 0 Å². The van der Waals surface area contributed by atoms with Gasteiger partial charge in [0, 0.05) is 11.7 Å². The first-order chi connectivity index (χ1) is 19.4. The van der Waals surface area contributed by atoms with Crippen LogP contribution in [0.3, 0.4) is 0 Å². The van der Waals surface area contributed by atoms with Crippen molar-refractivity contribution in [1.82, 2.24) is 10.2 Å². The number of rotatable bonds is 8. The van der Waals surface area contributed by atoms with Crippen LogP contribution in [0.2, 0.25) is 0 Å². The number of nitrogens with one attached hydrogen (secondary N) is 2. The van der Waals surface area contributed by atoms with Gasteiger partial charge in [0.05, 0.1) is 30.6 Å². The van der Waals surface area contributed by atoms with Gasteiger partial charge < -0.3 is 25.0 Å². The summed E-state index contributed by atoms with van der Waals surface area (Å²) < 4.78 is 12.0. The maximum Gasteiger partial charge on any atom is 0.246 e. The lowest BCUT2D eigenvalue weighted by molar-refractivity contribution is -0.143. The number of anilines is 1. The molecule has 210 valence electrons. The molecule has 8 heteroatoms. The number of benzene rings is 2. The number of hydrogen-bond acceptors (Lipinski definition) is 5. The molecule has 3 heterocycles. The summed E-state index contributed by atoms with van der Waals surface area (Å²) in [7, 11) is 0. The van der Waals surface area contributed by atoms with E-state index < -0.39 is 29.6 Å². The number of ether oxygens (including phenoxy) is 2. The standard InChI is InChI=1S/C32H37N3O5/c1-3-39-24-16-14-23(15-17-24)33-29(36)26-25-18-19-32(40-25)27(26)31(38)35(20(2)21-10-6-4-7-11-21)28(32)30(37)34-22-12-8-5-9-13-22/h4,6-7,10-11,14-20,22,25-28H,3,5,8-9,12-13H2,1-2H3,(H,33,36)(H,34,37)/t20-,25+,26-,27+,28+,32+/m1/s1. The molecule has 3 amide bonds. The van der Waals surface area contributed by atoms with E-state index in [0.29, 0.717) is 18.0 Å². The Morgan fingerprint density at radius 2 is 1.77 bits per heavy atom. The maximum atomic E-state index is 14.3. The molecule has 3 fully saturated rings. The lowest BCUT2D eigenvalue weighted by Gasteiger charge is -2.37. The van der Waals surface area contributed by atoms with E-state index in [1.54, 1.807) is 29.2 Å². The van der Waals surface area contributed by atoms with Gasteiger partial charge in [-0.05, 0) is 56.5 Å². The quantitative estimate of drug-likeness (QED) is 0.482. The van der Waals surface area contributed by atoms with E-state index in [-0.39, 0.29) is 29.8 Å². The van der Waals surface area contributed by atoms with Gasteiger partial charge in [-0.25, -0.2) is 0 Å². The number of carbonyl (C=O) groups excluding carboxylic acids is 3. The van der Waals surface area contributed by atoms with E-state index >= 15 is 0 Å². The predicted octanol–water partition coefficient (Wildman–Crippen LogP) is 4.38. The van der Waals surface area contributed by atoms with E-state index in [1.807, 2.05) is 56.3 Å². The van der Waals surface area contributed by atoms with Crippen molar-refractivity contribution >= 4 is 23.4 Å². The number of carbonyl (C=O) groups is 3. The van der Waals surface area contributed by atoms with Crippen LogP contribution in [0.25, 0.3) is 0 Å². The Balaban J connectivity index is 1.31. The number of nitrogens with zero attached hydrogens (tertiary/aromatic N) is 1. The molecule has 2 aromatic carbocycles. The molecule has 0 radical (unpaired) electrons. The Hall–Kier alpha value is -3.65. The molecule has 40 heavy (non-hydrogen) atoms. The molecular weight excluding hydrogens is 506 g/mol. The van der Waals surface area contributed by atoms with Crippen LogP contribution in [-0.2, 0) is 19.1 Å². The molecule has 1 saturated carbocycles. The van der Waals surface area contributed by atoms with Crippen molar-refractivity contribution in [3.63, 3.8) is 0 Å². The third-order valence-electron chi connectivity index (χ3n) is 8.95. The third-order valence-corrected chi connectivity index (χ3v) is 8.95. The van der Waals surface area contributed by atoms with E-state index in [9.17, 15) is 14.4 Å². The van der Waals surface area contributed by atoms with Gasteiger partial charge in [0.25, 0.3) is 0 Å². The van der Waals surface area contributed by atoms with E-state index in [4.69, 9.17) is 9.47 Å². The highest BCUT2D eigenvalue weighted by Gasteiger charge is 2.73. The fourth-order valence-corrected chi connectivity index (χ4v) is 7.07. The first kappa shape index (κ1) is 26.6. The van der Waals surface area contributed by atoms with Crippen LogP contribution in [0, 0.1) is 11.8 Å².